The second kappa shape index (κ2) is 4.77. The molecule has 0 spiro atoms. The van der Waals surface area contributed by atoms with Gasteiger partial charge in [-0.3, -0.25) is 4.72 Å². The highest BCUT2D eigenvalue weighted by molar-refractivity contribution is 7.92. The average Bonchev–Trinajstić information content (AvgIpc) is 2.35. The minimum atomic E-state index is -3.96. The van der Waals surface area contributed by atoms with Gasteiger partial charge in [0.1, 0.15) is 11.6 Å². The molecule has 0 unspecified atom stereocenters. The smallest absolute Gasteiger partial charge is 0.262 e. The molecule has 0 aliphatic rings. The van der Waals surface area contributed by atoms with Crippen LogP contribution >= 0.6 is 0 Å². The summed E-state index contributed by atoms with van der Waals surface area (Å²) >= 11 is 0. The summed E-state index contributed by atoms with van der Waals surface area (Å²) in [6.07, 6.45) is 0. The van der Waals surface area contributed by atoms with Crippen molar-refractivity contribution >= 4 is 21.4 Å². The van der Waals surface area contributed by atoms with Crippen LogP contribution in [-0.2, 0) is 10.0 Å². The molecule has 2 aromatic carbocycles. The van der Waals surface area contributed by atoms with Crippen LogP contribution in [0.15, 0.2) is 47.4 Å². The van der Waals surface area contributed by atoms with Crippen LogP contribution in [-0.4, -0.2) is 13.5 Å². The van der Waals surface area contributed by atoms with E-state index in [-0.39, 0.29) is 22.0 Å². The lowest BCUT2D eigenvalue weighted by Crippen LogP contribution is -2.14. The maximum atomic E-state index is 13.4. The molecule has 0 fully saturated rings. The first kappa shape index (κ1) is 13.2. The molecule has 0 amide bonds. The highest BCUT2D eigenvalue weighted by Crippen LogP contribution is 2.25. The summed E-state index contributed by atoms with van der Waals surface area (Å²) in [6, 6.07) is 8.83. The number of hydrogen-bond acceptors (Lipinski definition) is 4. The normalized spacial score (nSPS) is 11.2. The quantitative estimate of drug-likeness (QED) is 0.592. The van der Waals surface area contributed by atoms with Crippen LogP contribution in [0.4, 0.5) is 15.8 Å². The number of para-hydroxylation sites is 1. The number of hydrogen-bond donors (Lipinski definition) is 3. The lowest BCUT2D eigenvalue weighted by atomic mass is 10.3. The molecule has 100 valence electrons. The van der Waals surface area contributed by atoms with Gasteiger partial charge in [0.25, 0.3) is 10.0 Å². The zero-order valence-corrected chi connectivity index (χ0v) is 10.5. The molecule has 7 heteroatoms. The first-order chi connectivity index (χ1) is 8.90. The zero-order chi connectivity index (χ0) is 14.0. The van der Waals surface area contributed by atoms with Crippen molar-refractivity contribution in [2.24, 2.45) is 0 Å². The van der Waals surface area contributed by atoms with Crippen molar-refractivity contribution in [3.05, 3.63) is 48.3 Å². The molecule has 0 atom stereocenters. The summed E-state index contributed by atoms with van der Waals surface area (Å²) in [5.74, 6) is -0.900. The lowest BCUT2D eigenvalue weighted by molar-refractivity contribution is 0.477. The number of benzene rings is 2. The van der Waals surface area contributed by atoms with Gasteiger partial charge in [-0.1, -0.05) is 12.1 Å². The van der Waals surface area contributed by atoms with Crippen LogP contribution in [0.1, 0.15) is 0 Å². The fourth-order valence-corrected chi connectivity index (χ4v) is 2.55. The Morgan fingerprint density at radius 1 is 1.16 bits per heavy atom. The van der Waals surface area contributed by atoms with Gasteiger partial charge in [0.15, 0.2) is 0 Å². The number of halogens is 1. The Bertz CT molecular complexity index is 717. The molecule has 2 aromatic rings. The zero-order valence-electron chi connectivity index (χ0n) is 9.67. The van der Waals surface area contributed by atoms with Gasteiger partial charge in [-0.15, -0.1) is 0 Å². The number of anilines is 2. The van der Waals surface area contributed by atoms with E-state index in [0.29, 0.717) is 0 Å². The minimum Gasteiger partial charge on any atom is -0.506 e. The van der Waals surface area contributed by atoms with Crippen LogP contribution in [0, 0.1) is 5.82 Å². The number of sulfonamides is 1. The molecule has 2 rings (SSSR count). The van der Waals surface area contributed by atoms with Crippen LogP contribution in [0.3, 0.4) is 0 Å². The molecule has 4 N–H and O–H groups in total. The Morgan fingerprint density at radius 3 is 2.47 bits per heavy atom. The van der Waals surface area contributed by atoms with E-state index in [1.807, 2.05) is 0 Å². The Hall–Kier alpha value is -2.28. The van der Waals surface area contributed by atoms with Crippen molar-refractivity contribution < 1.29 is 17.9 Å². The SMILES string of the molecule is Nc1cc(S(=O)(=O)Nc2ccccc2F)ccc1O. The number of phenolic OH excluding ortho intramolecular Hbond substituents is 1. The number of nitrogens with one attached hydrogen (secondary N) is 1. The van der Waals surface area contributed by atoms with Gasteiger partial charge in [0.2, 0.25) is 0 Å². The molecular weight excluding hydrogens is 271 g/mol. The summed E-state index contributed by atoms with van der Waals surface area (Å²) in [7, 11) is -3.96. The van der Waals surface area contributed by atoms with Gasteiger partial charge in [-0.05, 0) is 30.3 Å². The predicted molar refractivity (Wildman–Crippen MR) is 69.7 cm³/mol. The molecule has 0 aromatic heterocycles. The lowest BCUT2D eigenvalue weighted by Gasteiger charge is -2.09. The molecule has 0 saturated carbocycles. The average molecular weight is 282 g/mol. The largest absolute Gasteiger partial charge is 0.506 e. The monoisotopic (exact) mass is 282 g/mol. The summed E-state index contributed by atoms with van der Waals surface area (Å²) in [5.41, 5.74) is 5.19. The Kier molecular flexibility index (Phi) is 3.30. The highest BCUT2D eigenvalue weighted by Gasteiger charge is 2.17. The summed E-state index contributed by atoms with van der Waals surface area (Å²) in [4.78, 5) is -0.161. The summed E-state index contributed by atoms with van der Waals surface area (Å²) in [6.45, 7) is 0. The van der Waals surface area contributed by atoms with E-state index in [9.17, 15) is 17.9 Å². The number of rotatable bonds is 3. The molecular formula is C12H11FN2O3S. The summed E-state index contributed by atoms with van der Waals surface area (Å²) < 4.78 is 39.5. The van der Waals surface area contributed by atoms with Crippen molar-refractivity contribution in [3.63, 3.8) is 0 Å². The standard InChI is InChI=1S/C12H11FN2O3S/c13-9-3-1-2-4-11(9)15-19(17,18)8-5-6-12(16)10(14)7-8/h1-7,15-16H,14H2. The maximum absolute atomic E-state index is 13.4. The van der Waals surface area contributed by atoms with E-state index in [2.05, 4.69) is 4.72 Å². The third-order valence-corrected chi connectivity index (χ3v) is 3.79. The van der Waals surface area contributed by atoms with E-state index in [0.717, 1.165) is 18.2 Å². The van der Waals surface area contributed by atoms with Gasteiger partial charge in [0, 0.05) is 0 Å². The molecule has 5 nitrogen and oxygen atoms in total. The Morgan fingerprint density at radius 2 is 1.84 bits per heavy atom. The van der Waals surface area contributed by atoms with Crippen molar-refractivity contribution in [1.82, 2.24) is 0 Å². The summed E-state index contributed by atoms with van der Waals surface area (Å²) in [5, 5.41) is 9.24. The van der Waals surface area contributed by atoms with Crippen molar-refractivity contribution in [1.29, 1.82) is 0 Å². The Labute approximate surface area is 109 Å². The van der Waals surface area contributed by atoms with E-state index in [1.165, 1.54) is 24.3 Å². The predicted octanol–water partition coefficient (Wildman–Crippen LogP) is 1.91. The number of phenols is 1. The minimum absolute atomic E-state index is 0.0728. The molecule has 0 bridgehead atoms. The first-order valence-corrected chi connectivity index (χ1v) is 6.74. The van der Waals surface area contributed by atoms with Crippen molar-refractivity contribution in [2.75, 3.05) is 10.5 Å². The second-order valence-electron chi connectivity index (χ2n) is 3.81. The van der Waals surface area contributed by atoms with Gasteiger partial charge >= 0.3 is 0 Å². The maximum Gasteiger partial charge on any atom is 0.262 e. The van der Waals surface area contributed by atoms with Crippen molar-refractivity contribution in [2.45, 2.75) is 4.90 Å². The fourth-order valence-electron chi connectivity index (χ4n) is 1.45. The molecule has 0 aliphatic heterocycles. The van der Waals surface area contributed by atoms with Gasteiger partial charge in [-0.25, -0.2) is 12.8 Å². The van der Waals surface area contributed by atoms with Gasteiger partial charge in [-0.2, -0.15) is 0 Å². The third-order valence-electron chi connectivity index (χ3n) is 2.43. The topological polar surface area (TPSA) is 92.4 Å². The molecule has 0 radical (unpaired) electrons. The Balaban J connectivity index is 2.38. The molecule has 0 aliphatic carbocycles. The highest BCUT2D eigenvalue weighted by atomic mass is 32.2. The molecule has 0 saturated heterocycles. The van der Waals surface area contributed by atoms with Gasteiger partial charge < -0.3 is 10.8 Å². The van der Waals surface area contributed by atoms with E-state index >= 15 is 0 Å². The van der Waals surface area contributed by atoms with E-state index in [1.54, 1.807) is 0 Å². The first-order valence-electron chi connectivity index (χ1n) is 5.26. The van der Waals surface area contributed by atoms with Crippen molar-refractivity contribution in [3.8, 4) is 5.75 Å². The van der Waals surface area contributed by atoms with E-state index < -0.39 is 15.8 Å². The number of aromatic hydroxyl groups is 1. The molecule has 19 heavy (non-hydrogen) atoms. The van der Waals surface area contributed by atoms with Crippen LogP contribution < -0.4 is 10.5 Å². The molecule has 0 heterocycles. The third kappa shape index (κ3) is 2.76. The van der Waals surface area contributed by atoms with Crippen LogP contribution in [0.5, 0.6) is 5.75 Å². The fraction of sp³-hybridized carbons (Fsp3) is 0. The van der Waals surface area contributed by atoms with E-state index in [4.69, 9.17) is 5.73 Å². The second-order valence-corrected chi connectivity index (χ2v) is 5.49. The van der Waals surface area contributed by atoms with Gasteiger partial charge in [0.05, 0.1) is 16.3 Å². The number of nitrogen functional groups attached to an aromatic ring is 1. The van der Waals surface area contributed by atoms with Crippen LogP contribution in [0.25, 0.3) is 0 Å². The number of nitrogens with two attached hydrogens (primary N) is 1. The van der Waals surface area contributed by atoms with Crippen LogP contribution in [0.2, 0.25) is 0 Å².